The van der Waals surface area contributed by atoms with E-state index in [2.05, 4.69) is 15.9 Å². The van der Waals surface area contributed by atoms with Crippen LogP contribution in [0.1, 0.15) is 26.3 Å². The monoisotopic (exact) mass is 379 g/mol. The number of sulfonamides is 1. The Morgan fingerprint density at radius 1 is 0.864 bits per heavy atom. The minimum absolute atomic E-state index is 0.0543. The van der Waals surface area contributed by atoms with Gasteiger partial charge in [0.1, 0.15) is 0 Å². The molecule has 1 aliphatic rings. The van der Waals surface area contributed by atoms with Crippen LogP contribution in [0.4, 0.5) is 0 Å². The van der Waals surface area contributed by atoms with E-state index >= 15 is 0 Å². The van der Waals surface area contributed by atoms with E-state index in [1.165, 1.54) is 18.2 Å². The Hall–Kier alpha value is -1.99. The van der Waals surface area contributed by atoms with Crippen molar-refractivity contribution >= 4 is 37.8 Å². The van der Waals surface area contributed by atoms with E-state index in [1.807, 2.05) is 0 Å². The standard InChI is InChI=1S/C15H10BrNO4S/c16-9-10-5-1-4-8-13(10)22(20,21)17-14(18)11-6-2-3-7-12(11)15(17)19/h1-8H,9H2. The van der Waals surface area contributed by atoms with Gasteiger partial charge in [0.05, 0.1) is 16.0 Å². The van der Waals surface area contributed by atoms with Crippen molar-refractivity contribution in [3.05, 3.63) is 65.2 Å². The van der Waals surface area contributed by atoms with Crippen LogP contribution < -0.4 is 0 Å². The molecule has 0 bridgehead atoms. The van der Waals surface area contributed by atoms with E-state index in [0.29, 0.717) is 15.2 Å². The van der Waals surface area contributed by atoms with E-state index in [0.717, 1.165) is 0 Å². The van der Waals surface area contributed by atoms with E-state index in [1.54, 1.807) is 30.3 Å². The Morgan fingerprint density at radius 2 is 1.36 bits per heavy atom. The van der Waals surface area contributed by atoms with Gasteiger partial charge in [-0.25, -0.2) is 8.42 Å². The lowest BCUT2D eigenvalue weighted by Crippen LogP contribution is -2.36. The molecule has 0 atom stereocenters. The molecule has 2 amide bonds. The van der Waals surface area contributed by atoms with Gasteiger partial charge in [-0.15, -0.1) is 0 Å². The van der Waals surface area contributed by atoms with Crippen molar-refractivity contribution in [2.45, 2.75) is 10.2 Å². The largest absolute Gasteiger partial charge is 0.275 e. The SMILES string of the molecule is O=C1c2ccccc2C(=O)N1S(=O)(=O)c1ccccc1CBr. The Balaban J connectivity index is 2.16. The average Bonchev–Trinajstić information content (AvgIpc) is 2.79. The van der Waals surface area contributed by atoms with Gasteiger partial charge in [0.2, 0.25) is 0 Å². The molecule has 3 rings (SSSR count). The molecule has 0 aliphatic carbocycles. The van der Waals surface area contributed by atoms with E-state index in [-0.39, 0.29) is 16.0 Å². The second-order valence-corrected chi connectivity index (χ2v) is 6.98. The first-order valence-electron chi connectivity index (χ1n) is 6.35. The van der Waals surface area contributed by atoms with Gasteiger partial charge in [0.25, 0.3) is 21.8 Å². The Morgan fingerprint density at radius 3 is 1.91 bits per heavy atom. The number of hydrogen-bond donors (Lipinski definition) is 0. The number of hydrogen-bond acceptors (Lipinski definition) is 4. The maximum absolute atomic E-state index is 12.8. The van der Waals surface area contributed by atoms with Crippen LogP contribution in [0.2, 0.25) is 0 Å². The first kappa shape index (κ1) is 14.9. The number of amides is 2. The van der Waals surface area contributed by atoms with Gasteiger partial charge in [-0.3, -0.25) is 9.59 Å². The highest BCUT2D eigenvalue weighted by atomic mass is 79.9. The van der Waals surface area contributed by atoms with Crippen molar-refractivity contribution in [3.8, 4) is 0 Å². The van der Waals surface area contributed by atoms with Crippen LogP contribution in [-0.2, 0) is 15.4 Å². The number of carbonyl (C=O) groups excluding carboxylic acids is 2. The highest BCUT2D eigenvalue weighted by Crippen LogP contribution is 2.30. The molecular formula is C15H10BrNO4S. The molecule has 0 fully saturated rings. The summed E-state index contributed by atoms with van der Waals surface area (Å²) in [5.41, 5.74) is 0.693. The summed E-state index contributed by atoms with van der Waals surface area (Å²) in [5.74, 6) is -1.63. The lowest BCUT2D eigenvalue weighted by Gasteiger charge is -2.16. The fourth-order valence-corrected chi connectivity index (χ4v) is 4.58. The molecule has 2 aromatic rings. The Kier molecular flexibility index (Phi) is 3.62. The van der Waals surface area contributed by atoms with E-state index in [9.17, 15) is 18.0 Å². The molecular weight excluding hydrogens is 370 g/mol. The van der Waals surface area contributed by atoms with Gasteiger partial charge in [0.15, 0.2) is 0 Å². The molecule has 0 spiro atoms. The summed E-state index contributed by atoms with van der Waals surface area (Å²) >= 11 is 3.22. The molecule has 0 unspecified atom stereocenters. The van der Waals surface area contributed by atoms with Crippen LogP contribution in [0.25, 0.3) is 0 Å². The van der Waals surface area contributed by atoms with Crippen LogP contribution in [0.15, 0.2) is 53.4 Å². The summed E-state index contributed by atoms with van der Waals surface area (Å²) in [6.07, 6.45) is 0. The third-order valence-corrected chi connectivity index (χ3v) is 5.76. The topological polar surface area (TPSA) is 71.5 Å². The zero-order valence-electron chi connectivity index (χ0n) is 11.2. The predicted octanol–water partition coefficient (Wildman–Crippen LogP) is 2.57. The summed E-state index contributed by atoms with van der Waals surface area (Å²) in [6, 6.07) is 12.3. The van der Waals surface area contributed by atoms with Crippen LogP contribution in [0, 0.1) is 0 Å². The summed E-state index contributed by atoms with van der Waals surface area (Å²) < 4.78 is 25.9. The normalized spacial score (nSPS) is 14.3. The van der Waals surface area contributed by atoms with Crippen molar-refractivity contribution in [2.24, 2.45) is 0 Å². The average molecular weight is 380 g/mol. The number of halogens is 1. The molecule has 2 aromatic carbocycles. The quantitative estimate of drug-likeness (QED) is 0.606. The number of rotatable bonds is 3. The maximum atomic E-state index is 12.8. The van der Waals surface area contributed by atoms with Crippen molar-refractivity contribution in [1.82, 2.24) is 4.31 Å². The fourth-order valence-electron chi connectivity index (χ4n) is 2.35. The highest BCUT2D eigenvalue weighted by Gasteiger charge is 2.44. The van der Waals surface area contributed by atoms with Gasteiger partial charge < -0.3 is 0 Å². The first-order chi connectivity index (χ1) is 10.5. The van der Waals surface area contributed by atoms with Crippen molar-refractivity contribution in [3.63, 3.8) is 0 Å². The van der Waals surface area contributed by atoms with Gasteiger partial charge in [-0.2, -0.15) is 4.31 Å². The van der Waals surface area contributed by atoms with Crippen LogP contribution in [-0.4, -0.2) is 24.5 Å². The molecule has 0 N–H and O–H groups in total. The lowest BCUT2D eigenvalue weighted by molar-refractivity contribution is 0.0765. The third-order valence-electron chi connectivity index (χ3n) is 3.39. The summed E-state index contributed by atoms with van der Waals surface area (Å²) in [7, 11) is -4.24. The number of benzene rings is 2. The smallest absolute Gasteiger partial charge is 0.267 e. The number of imide groups is 1. The molecule has 0 radical (unpaired) electrons. The first-order valence-corrected chi connectivity index (χ1v) is 8.91. The molecule has 5 nitrogen and oxygen atoms in total. The van der Waals surface area contributed by atoms with E-state index in [4.69, 9.17) is 0 Å². The molecule has 1 aliphatic heterocycles. The summed E-state index contributed by atoms with van der Waals surface area (Å²) in [5, 5.41) is 0.297. The van der Waals surface area contributed by atoms with Gasteiger partial charge in [0, 0.05) is 5.33 Å². The van der Waals surface area contributed by atoms with Crippen molar-refractivity contribution in [2.75, 3.05) is 0 Å². The molecule has 112 valence electrons. The van der Waals surface area contributed by atoms with Crippen LogP contribution in [0.3, 0.4) is 0 Å². The van der Waals surface area contributed by atoms with Crippen molar-refractivity contribution in [1.29, 1.82) is 0 Å². The molecule has 0 saturated carbocycles. The summed E-state index contributed by atoms with van der Waals surface area (Å²) in [6.45, 7) is 0. The molecule has 7 heteroatoms. The van der Waals surface area contributed by atoms with Gasteiger partial charge in [-0.05, 0) is 23.8 Å². The Bertz CT molecular complexity index is 857. The van der Waals surface area contributed by atoms with Crippen LogP contribution in [0.5, 0.6) is 0 Å². The van der Waals surface area contributed by atoms with E-state index < -0.39 is 21.8 Å². The fraction of sp³-hybridized carbons (Fsp3) is 0.0667. The van der Waals surface area contributed by atoms with Crippen LogP contribution >= 0.6 is 15.9 Å². The molecule has 22 heavy (non-hydrogen) atoms. The maximum Gasteiger partial charge on any atom is 0.275 e. The zero-order valence-corrected chi connectivity index (χ0v) is 13.6. The number of nitrogens with zero attached hydrogens (tertiary/aromatic N) is 1. The second kappa shape index (κ2) is 5.33. The minimum atomic E-state index is -4.24. The number of alkyl halides is 1. The third kappa shape index (κ3) is 2.08. The molecule has 0 aromatic heterocycles. The van der Waals surface area contributed by atoms with Gasteiger partial charge in [-0.1, -0.05) is 46.3 Å². The highest BCUT2D eigenvalue weighted by molar-refractivity contribution is 9.08. The zero-order chi connectivity index (χ0) is 15.9. The lowest BCUT2D eigenvalue weighted by atomic mass is 10.1. The van der Waals surface area contributed by atoms with Gasteiger partial charge >= 0.3 is 0 Å². The minimum Gasteiger partial charge on any atom is -0.267 e. The summed E-state index contributed by atoms with van der Waals surface area (Å²) in [4.78, 5) is 24.6. The Labute approximate surface area is 135 Å². The predicted molar refractivity (Wildman–Crippen MR) is 83.2 cm³/mol. The molecule has 1 heterocycles. The number of fused-ring (bicyclic) bond motifs is 1. The molecule has 0 saturated heterocycles. The van der Waals surface area contributed by atoms with Crippen molar-refractivity contribution < 1.29 is 18.0 Å². The second-order valence-electron chi connectivity index (χ2n) is 4.67. The number of carbonyl (C=O) groups is 2.